The number of imide groups is 1. The molecule has 2 saturated heterocycles. The molecule has 0 radical (unpaired) electrons. The fourth-order valence-electron chi connectivity index (χ4n) is 9.88. The van der Waals surface area contributed by atoms with Gasteiger partial charge in [0.15, 0.2) is 0 Å². The maximum absolute atomic E-state index is 13.3. The van der Waals surface area contributed by atoms with E-state index < -0.39 is 17.9 Å². The van der Waals surface area contributed by atoms with Crippen LogP contribution < -0.4 is 15.4 Å². The molecular formula is C52H63ClN8O6. The van der Waals surface area contributed by atoms with Crippen LogP contribution >= 0.6 is 11.6 Å². The molecule has 3 aromatic carbocycles. The van der Waals surface area contributed by atoms with Crippen LogP contribution in [0.25, 0.3) is 22.2 Å². The molecule has 2 fully saturated rings. The topological polar surface area (TPSA) is 155 Å². The van der Waals surface area contributed by atoms with Gasteiger partial charge in [-0.3, -0.25) is 29.0 Å². The number of aromatic nitrogens is 3. The zero-order chi connectivity index (χ0) is 47.2. The number of anilines is 1. The summed E-state index contributed by atoms with van der Waals surface area (Å²) >= 11 is 6.48. The Hall–Kier alpha value is -5.99. The van der Waals surface area contributed by atoms with Crippen molar-refractivity contribution in [2.75, 3.05) is 45.2 Å². The van der Waals surface area contributed by atoms with E-state index in [9.17, 15) is 19.2 Å². The van der Waals surface area contributed by atoms with Gasteiger partial charge in [0, 0.05) is 75.1 Å². The van der Waals surface area contributed by atoms with Gasteiger partial charge in [-0.25, -0.2) is 4.98 Å². The van der Waals surface area contributed by atoms with Crippen molar-refractivity contribution in [2.24, 2.45) is 0 Å². The number of aryl methyl sites for hydroxylation is 4. The number of imidazole rings is 1. The highest BCUT2D eigenvalue weighted by Gasteiger charge is 2.44. The third kappa shape index (κ3) is 10.8. The number of allylic oxidation sites excluding steroid dienone is 1. The standard InChI is InChI=1S/C52H63ClN8O6/c1-33-14-20-45(50(63)55-33)61-51(64)40-19-18-39(31-41(40)52(61)65)54-24-12-10-8-6-7-9-11-13-48(62)59-27-25-58(26-28-59)34(2)32-60-44-21-17-38(49-35(3)57-67-36(49)4)30-43(44)56-47(60)23-16-37-15-22-46(66-5)42(53)29-37/h15,17-19,21-22,29-31,34,45,54H,1,6-14,16,20,23-28,32H2,2-5H3,(H,55,63)/t34-,45?/m0/s1. The number of piperazine rings is 1. The van der Waals surface area contributed by atoms with Crippen LogP contribution in [0.5, 0.6) is 5.75 Å². The molecule has 2 N–H and O–H groups in total. The van der Waals surface area contributed by atoms with E-state index in [0.717, 1.165) is 153 Å². The number of benzene rings is 3. The summed E-state index contributed by atoms with van der Waals surface area (Å²) in [6, 6.07) is 17.0. The van der Waals surface area contributed by atoms with E-state index in [1.54, 1.807) is 19.2 Å². The Balaban J connectivity index is 0.743. The monoisotopic (exact) mass is 930 g/mol. The average molecular weight is 932 g/mol. The maximum Gasteiger partial charge on any atom is 0.262 e. The molecule has 354 valence electrons. The second kappa shape index (κ2) is 21.3. The molecule has 67 heavy (non-hydrogen) atoms. The van der Waals surface area contributed by atoms with Crippen LogP contribution in [-0.2, 0) is 29.0 Å². The number of unbranched alkanes of at least 4 members (excludes halogenated alkanes) is 6. The first kappa shape index (κ1) is 47.5. The Labute approximate surface area is 398 Å². The average Bonchev–Trinajstić information content (AvgIpc) is 3.93. The predicted octanol–water partition coefficient (Wildman–Crippen LogP) is 8.91. The van der Waals surface area contributed by atoms with Gasteiger partial charge >= 0.3 is 0 Å². The van der Waals surface area contributed by atoms with Gasteiger partial charge in [0.1, 0.15) is 23.4 Å². The molecule has 3 aliphatic heterocycles. The Morgan fingerprint density at radius 3 is 2.39 bits per heavy atom. The quantitative estimate of drug-likeness (QED) is 0.0571. The van der Waals surface area contributed by atoms with Crippen molar-refractivity contribution in [2.45, 2.75) is 116 Å². The SMILES string of the molecule is C=C1CCC(N2C(=O)c3ccc(NCCCCCCCCCC(=O)N4CCN([C@@H](C)Cn5c(CCc6ccc(OC)c(Cl)c6)nc6cc(-c7c(C)noc7C)ccc65)CC4)cc3C2=O)C(=O)N1. The Morgan fingerprint density at radius 1 is 0.925 bits per heavy atom. The lowest BCUT2D eigenvalue weighted by Gasteiger charge is -2.38. The largest absolute Gasteiger partial charge is 0.495 e. The molecule has 15 heteroatoms. The highest BCUT2D eigenvalue weighted by molar-refractivity contribution is 6.32. The van der Waals surface area contributed by atoms with Gasteiger partial charge in [-0.05, 0) is 106 Å². The van der Waals surface area contributed by atoms with Crippen molar-refractivity contribution >= 4 is 52.0 Å². The number of piperidine rings is 1. The molecule has 5 aromatic rings. The molecular weight excluding hydrogens is 868 g/mol. The number of nitrogens with one attached hydrogen (secondary N) is 2. The lowest BCUT2D eigenvalue weighted by molar-refractivity contribution is -0.133. The van der Waals surface area contributed by atoms with Crippen molar-refractivity contribution in [1.29, 1.82) is 0 Å². The smallest absolute Gasteiger partial charge is 0.262 e. The zero-order valence-corrected chi connectivity index (χ0v) is 40.1. The van der Waals surface area contributed by atoms with Crippen LogP contribution in [0.15, 0.2) is 71.4 Å². The van der Waals surface area contributed by atoms with Crippen LogP contribution in [-0.4, -0.2) is 105 Å². The third-order valence-corrected chi connectivity index (χ3v) is 14.0. The first-order chi connectivity index (χ1) is 32.4. The normalized spacial score (nSPS) is 17.1. The lowest BCUT2D eigenvalue weighted by atomic mass is 10.0. The molecule has 0 bridgehead atoms. The van der Waals surface area contributed by atoms with Gasteiger partial charge in [-0.2, -0.15) is 0 Å². The second-order valence-corrected chi connectivity index (χ2v) is 18.7. The van der Waals surface area contributed by atoms with E-state index in [1.807, 2.05) is 36.9 Å². The van der Waals surface area contributed by atoms with Gasteiger partial charge in [-0.1, -0.05) is 67.6 Å². The molecule has 2 atom stereocenters. The van der Waals surface area contributed by atoms with Gasteiger partial charge in [0.25, 0.3) is 11.8 Å². The fraction of sp³-hybridized carbons (Fsp3) is 0.462. The van der Waals surface area contributed by atoms with E-state index in [-0.39, 0.29) is 17.9 Å². The van der Waals surface area contributed by atoms with Gasteiger partial charge < -0.3 is 29.4 Å². The number of methoxy groups -OCH3 is 1. The Bertz CT molecular complexity index is 2630. The zero-order valence-electron chi connectivity index (χ0n) is 39.3. The van der Waals surface area contributed by atoms with Gasteiger partial charge in [0.2, 0.25) is 11.8 Å². The van der Waals surface area contributed by atoms with E-state index in [2.05, 4.69) is 63.0 Å². The van der Waals surface area contributed by atoms with E-state index in [1.165, 1.54) is 0 Å². The van der Waals surface area contributed by atoms with Crippen molar-refractivity contribution < 1.29 is 28.4 Å². The summed E-state index contributed by atoms with van der Waals surface area (Å²) in [7, 11) is 1.62. The molecule has 5 heterocycles. The summed E-state index contributed by atoms with van der Waals surface area (Å²) in [5.74, 6) is 1.52. The number of rotatable bonds is 20. The minimum Gasteiger partial charge on any atom is -0.495 e. The first-order valence-electron chi connectivity index (χ1n) is 23.9. The number of carbonyl (C=O) groups excluding carboxylic acids is 4. The van der Waals surface area contributed by atoms with Crippen molar-refractivity contribution in [3.05, 3.63) is 106 Å². The highest BCUT2D eigenvalue weighted by atomic mass is 35.5. The van der Waals surface area contributed by atoms with Gasteiger partial charge in [0.05, 0.1) is 40.0 Å². The second-order valence-electron chi connectivity index (χ2n) is 18.3. The van der Waals surface area contributed by atoms with Crippen molar-refractivity contribution in [3.8, 4) is 16.9 Å². The fourth-order valence-corrected chi connectivity index (χ4v) is 10.2. The summed E-state index contributed by atoms with van der Waals surface area (Å²) < 4.78 is 13.2. The summed E-state index contributed by atoms with van der Waals surface area (Å²) in [5, 5.41) is 10.8. The van der Waals surface area contributed by atoms with Gasteiger partial charge in [-0.15, -0.1) is 0 Å². The molecule has 0 spiro atoms. The predicted molar refractivity (Wildman–Crippen MR) is 260 cm³/mol. The summed E-state index contributed by atoms with van der Waals surface area (Å²) in [6.45, 7) is 14.7. The summed E-state index contributed by atoms with van der Waals surface area (Å²) in [5.41, 5.74) is 8.13. The van der Waals surface area contributed by atoms with Crippen molar-refractivity contribution in [3.63, 3.8) is 0 Å². The number of ether oxygens (including phenoxy) is 1. The number of hydrogen-bond acceptors (Lipinski definition) is 10. The maximum atomic E-state index is 13.3. The van der Waals surface area contributed by atoms with E-state index >= 15 is 0 Å². The molecule has 1 unspecified atom stereocenters. The lowest BCUT2D eigenvalue weighted by Crippen LogP contribution is -2.52. The third-order valence-electron chi connectivity index (χ3n) is 13.7. The van der Waals surface area contributed by atoms with Crippen LogP contribution in [0.2, 0.25) is 5.02 Å². The van der Waals surface area contributed by atoms with Crippen LogP contribution in [0.4, 0.5) is 5.69 Å². The number of amides is 4. The van der Waals surface area contributed by atoms with E-state index in [4.69, 9.17) is 25.8 Å². The van der Waals surface area contributed by atoms with Crippen LogP contribution in [0.1, 0.15) is 115 Å². The Morgan fingerprint density at radius 2 is 1.67 bits per heavy atom. The Kier molecular flexibility index (Phi) is 15.1. The molecule has 0 saturated carbocycles. The molecule has 8 rings (SSSR count). The van der Waals surface area contributed by atoms with E-state index in [0.29, 0.717) is 46.9 Å². The minimum atomic E-state index is -0.815. The molecule has 3 aliphatic rings. The number of carbonyl (C=O) groups is 4. The first-order valence-corrected chi connectivity index (χ1v) is 24.3. The number of nitrogens with zero attached hydrogens (tertiary/aromatic N) is 6. The summed E-state index contributed by atoms with van der Waals surface area (Å²) in [4.78, 5) is 62.8. The highest BCUT2D eigenvalue weighted by Crippen LogP contribution is 2.33. The number of hydrogen-bond donors (Lipinski definition) is 2. The number of halogens is 1. The van der Waals surface area contributed by atoms with Crippen LogP contribution in [0.3, 0.4) is 0 Å². The molecule has 14 nitrogen and oxygen atoms in total. The molecule has 0 aliphatic carbocycles. The summed E-state index contributed by atoms with van der Waals surface area (Å²) in [6.07, 6.45) is 10.4. The number of fused-ring (bicyclic) bond motifs is 2. The minimum absolute atomic E-state index is 0.241. The van der Waals surface area contributed by atoms with Crippen LogP contribution in [0, 0.1) is 13.8 Å². The molecule has 2 aromatic heterocycles. The van der Waals surface area contributed by atoms with Crippen molar-refractivity contribution in [1.82, 2.24) is 34.7 Å². The molecule has 4 amide bonds.